The summed E-state index contributed by atoms with van der Waals surface area (Å²) >= 11 is 0. The van der Waals surface area contributed by atoms with Crippen LogP contribution < -0.4 is 5.32 Å². The molecule has 1 amide bonds. The highest BCUT2D eigenvalue weighted by atomic mass is 16.6. The average molecular weight is 270 g/mol. The lowest BCUT2D eigenvalue weighted by molar-refractivity contribution is 0.0182. The van der Waals surface area contributed by atoms with Crippen LogP contribution in [0, 0.1) is 5.92 Å². The predicted molar refractivity (Wildman–Crippen MR) is 78.3 cm³/mol. The summed E-state index contributed by atoms with van der Waals surface area (Å²) in [6.45, 7) is 13.9. The Morgan fingerprint density at radius 1 is 1.32 bits per heavy atom. The van der Waals surface area contributed by atoms with Crippen LogP contribution in [0.3, 0.4) is 0 Å². The highest BCUT2D eigenvalue weighted by Crippen LogP contribution is 2.16. The standard InChI is InChI=1S/C15H30N2O2/c1-11(2)12(3)16-13-8-7-9-17(10-13)14(18)19-15(4,5)6/h11-13,16H,7-10H2,1-6H3. The molecule has 1 aliphatic rings. The zero-order chi connectivity index (χ0) is 14.6. The number of carbonyl (C=O) groups excluding carboxylic acids is 1. The monoisotopic (exact) mass is 270 g/mol. The first-order chi connectivity index (χ1) is 8.69. The maximum absolute atomic E-state index is 12.1. The minimum Gasteiger partial charge on any atom is -0.444 e. The second-order valence-electron chi connectivity index (χ2n) is 6.96. The third kappa shape index (κ3) is 5.81. The van der Waals surface area contributed by atoms with Crippen molar-refractivity contribution in [2.75, 3.05) is 13.1 Å². The molecule has 0 saturated carbocycles. The van der Waals surface area contributed by atoms with Gasteiger partial charge in [0, 0.05) is 25.2 Å². The van der Waals surface area contributed by atoms with E-state index in [0.717, 1.165) is 25.9 Å². The molecule has 0 aromatic carbocycles. The first-order valence-electron chi connectivity index (χ1n) is 7.43. The Kier molecular flexibility index (Phi) is 5.65. The first-order valence-corrected chi connectivity index (χ1v) is 7.43. The second-order valence-corrected chi connectivity index (χ2v) is 6.96. The smallest absolute Gasteiger partial charge is 0.410 e. The van der Waals surface area contributed by atoms with Gasteiger partial charge in [0.1, 0.15) is 5.60 Å². The number of carbonyl (C=O) groups is 1. The summed E-state index contributed by atoms with van der Waals surface area (Å²) in [5.74, 6) is 0.608. The molecule has 1 heterocycles. The van der Waals surface area contributed by atoms with E-state index < -0.39 is 5.60 Å². The molecule has 19 heavy (non-hydrogen) atoms. The summed E-state index contributed by atoms with van der Waals surface area (Å²) in [5, 5.41) is 3.62. The average Bonchev–Trinajstić information content (AvgIpc) is 2.27. The van der Waals surface area contributed by atoms with Gasteiger partial charge < -0.3 is 15.0 Å². The van der Waals surface area contributed by atoms with Gasteiger partial charge in [-0.05, 0) is 46.5 Å². The lowest BCUT2D eigenvalue weighted by Gasteiger charge is -2.36. The quantitative estimate of drug-likeness (QED) is 0.857. The van der Waals surface area contributed by atoms with Gasteiger partial charge in [-0.15, -0.1) is 0 Å². The molecule has 4 heteroatoms. The van der Waals surface area contributed by atoms with E-state index in [1.54, 1.807) is 0 Å². The summed E-state index contributed by atoms with van der Waals surface area (Å²) in [4.78, 5) is 13.9. The molecule has 2 unspecified atom stereocenters. The Morgan fingerprint density at radius 2 is 1.95 bits per heavy atom. The topological polar surface area (TPSA) is 41.6 Å². The Hall–Kier alpha value is -0.770. The molecule has 1 N–H and O–H groups in total. The highest BCUT2D eigenvalue weighted by Gasteiger charge is 2.28. The number of hydrogen-bond acceptors (Lipinski definition) is 3. The summed E-state index contributed by atoms with van der Waals surface area (Å²) in [6.07, 6.45) is 1.99. The van der Waals surface area contributed by atoms with Crippen molar-refractivity contribution in [3.8, 4) is 0 Å². The summed E-state index contributed by atoms with van der Waals surface area (Å²) in [6, 6.07) is 0.863. The molecule has 1 aliphatic heterocycles. The number of amides is 1. The van der Waals surface area contributed by atoms with Crippen LogP contribution in [0.15, 0.2) is 0 Å². The number of nitrogens with zero attached hydrogens (tertiary/aromatic N) is 1. The molecule has 0 spiro atoms. The van der Waals surface area contributed by atoms with Crippen molar-refractivity contribution in [1.82, 2.24) is 10.2 Å². The number of nitrogens with one attached hydrogen (secondary N) is 1. The van der Waals surface area contributed by atoms with E-state index in [2.05, 4.69) is 26.1 Å². The molecule has 0 aliphatic carbocycles. The molecular weight excluding hydrogens is 240 g/mol. The van der Waals surface area contributed by atoms with Crippen LogP contribution in [0.1, 0.15) is 54.4 Å². The SMILES string of the molecule is CC(C)C(C)NC1CCCN(C(=O)OC(C)(C)C)C1. The highest BCUT2D eigenvalue weighted by molar-refractivity contribution is 5.68. The van der Waals surface area contributed by atoms with Crippen molar-refractivity contribution in [3.05, 3.63) is 0 Å². The molecule has 0 bridgehead atoms. The fourth-order valence-electron chi connectivity index (χ4n) is 2.17. The maximum atomic E-state index is 12.1. The van der Waals surface area contributed by atoms with Crippen LogP contribution >= 0.6 is 0 Å². The van der Waals surface area contributed by atoms with Crippen molar-refractivity contribution in [3.63, 3.8) is 0 Å². The predicted octanol–water partition coefficient (Wildman–Crippen LogP) is 3.02. The van der Waals surface area contributed by atoms with Crippen molar-refractivity contribution in [2.24, 2.45) is 5.92 Å². The van der Waals surface area contributed by atoms with Crippen LogP contribution in [-0.2, 0) is 4.74 Å². The van der Waals surface area contributed by atoms with Gasteiger partial charge in [-0.1, -0.05) is 13.8 Å². The van der Waals surface area contributed by atoms with Gasteiger partial charge in [0.2, 0.25) is 0 Å². The lowest BCUT2D eigenvalue weighted by Crippen LogP contribution is -2.52. The van der Waals surface area contributed by atoms with Gasteiger partial charge in [0.05, 0.1) is 0 Å². The van der Waals surface area contributed by atoms with Crippen molar-refractivity contribution < 1.29 is 9.53 Å². The Balaban J connectivity index is 2.48. The van der Waals surface area contributed by atoms with E-state index in [9.17, 15) is 4.79 Å². The van der Waals surface area contributed by atoms with E-state index >= 15 is 0 Å². The summed E-state index contributed by atoms with van der Waals surface area (Å²) in [7, 11) is 0. The first kappa shape index (κ1) is 16.3. The molecule has 4 nitrogen and oxygen atoms in total. The molecule has 1 fully saturated rings. The van der Waals surface area contributed by atoms with Gasteiger partial charge in [-0.3, -0.25) is 0 Å². The second kappa shape index (κ2) is 6.60. The van der Waals surface area contributed by atoms with Gasteiger partial charge in [-0.2, -0.15) is 0 Å². The zero-order valence-electron chi connectivity index (χ0n) is 13.3. The number of ether oxygens (including phenoxy) is 1. The van der Waals surface area contributed by atoms with Crippen molar-refractivity contribution in [1.29, 1.82) is 0 Å². The van der Waals surface area contributed by atoms with Crippen LogP contribution in [0.25, 0.3) is 0 Å². The maximum Gasteiger partial charge on any atom is 0.410 e. The molecule has 112 valence electrons. The molecule has 0 radical (unpaired) electrons. The van der Waals surface area contributed by atoms with Crippen LogP contribution in [0.4, 0.5) is 4.79 Å². The number of likely N-dealkylation sites (tertiary alicyclic amines) is 1. The summed E-state index contributed by atoms with van der Waals surface area (Å²) < 4.78 is 5.44. The van der Waals surface area contributed by atoms with Gasteiger partial charge in [0.25, 0.3) is 0 Å². The number of piperidine rings is 1. The van der Waals surface area contributed by atoms with E-state index in [1.165, 1.54) is 0 Å². The van der Waals surface area contributed by atoms with Crippen LogP contribution in [0.2, 0.25) is 0 Å². The zero-order valence-corrected chi connectivity index (χ0v) is 13.3. The van der Waals surface area contributed by atoms with E-state index in [1.807, 2.05) is 25.7 Å². The van der Waals surface area contributed by atoms with E-state index in [-0.39, 0.29) is 6.09 Å². The Bertz CT molecular complexity index is 297. The van der Waals surface area contributed by atoms with Crippen molar-refractivity contribution in [2.45, 2.75) is 72.1 Å². The fraction of sp³-hybridized carbons (Fsp3) is 0.933. The van der Waals surface area contributed by atoms with Crippen LogP contribution in [0.5, 0.6) is 0 Å². The van der Waals surface area contributed by atoms with Crippen molar-refractivity contribution >= 4 is 6.09 Å². The normalized spacial score (nSPS) is 22.5. The number of hydrogen-bond donors (Lipinski definition) is 1. The van der Waals surface area contributed by atoms with Gasteiger partial charge in [0.15, 0.2) is 0 Å². The molecule has 2 atom stereocenters. The lowest BCUT2D eigenvalue weighted by atomic mass is 10.0. The third-order valence-corrected chi connectivity index (χ3v) is 3.57. The molecule has 0 aromatic heterocycles. The third-order valence-electron chi connectivity index (χ3n) is 3.57. The minimum absolute atomic E-state index is 0.184. The Morgan fingerprint density at radius 3 is 2.47 bits per heavy atom. The Labute approximate surface area is 117 Å². The molecule has 1 saturated heterocycles. The summed E-state index contributed by atoms with van der Waals surface area (Å²) in [5.41, 5.74) is -0.414. The van der Waals surface area contributed by atoms with E-state index in [0.29, 0.717) is 18.0 Å². The van der Waals surface area contributed by atoms with Gasteiger partial charge >= 0.3 is 6.09 Å². The van der Waals surface area contributed by atoms with Gasteiger partial charge in [-0.25, -0.2) is 4.79 Å². The largest absolute Gasteiger partial charge is 0.444 e. The van der Waals surface area contributed by atoms with Crippen LogP contribution in [-0.4, -0.2) is 41.8 Å². The molecule has 0 aromatic rings. The number of rotatable bonds is 3. The minimum atomic E-state index is -0.414. The molecule has 1 rings (SSSR count). The molecular formula is C15H30N2O2. The van der Waals surface area contributed by atoms with E-state index in [4.69, 9.17) is 4.74 Å². The fourth-order valence-corrected chi connectivity index (χ4v) is 2.17.